The fraction of sp³-hybridized carbons (Fsp3) is 0. The molecule has 0 bridgehead atoms. The fourth-order valence-corrected chi connectivity index (χ4v) is 14.8. The summed E-state index contributed by atoms with van der Waals surface area (Å²) >= 11 is 0. The van der Waals surface area contributed by atoms with E-state index in [-0.39, 0.29) is 17.1 Å². The maximum Gasteiger partial charge on any atom is 0.584 e. The minimum Gasteiger partial charge on any atom is -0.478 e. The van der Waals surface area contributed by atoms with E-state index in [9.17, 15) is 19.4 Å². The average Bonchev–Trinajstić information content (AvgIpc) is 3.41. The smallest absolute Gasteiger partial charge is 0.478 e. The van der Waals surface area contributed by atoms with Gasteiger partial charge in [0.1, 0.15) is 11.5 Å². The topological polar surface area (TPSA) is 93.1 Å². The Bertz CT molecular complexity index is 3020. The molecular formula is C51H35O6PSi. The third-order valence-corrected chi connectivity index (χ3v) is 16.9. The van der Waals surface area contributed by atoms with Crippen LogP contribution in [0.1, 0.15) is 10.4 Å². The van der Waals surface area contributed by atoms with Gasteiger partial charge < -0.3 is 14.2 Å². The maximum atomic E-state index is 14.8. The molecule has 0 aromatic heterocycles. The van der Waals surface area contributed by atoms with Crippen LogP contribution in [0.15, 0.2) is 200 Å². The lowest BCUT2D eigenvalue weighted by atomic mass is 9.86. The Morgan fingerprint density at radius 1 is 0.475 bits per heavy atom. The SMILES string of the molecule is O=C(O)c1c(-c2ccccc2)cccc1-c1cc2ccccc2c2c1OP(=O)(O)Oc1c([Si](c3ccccc3)(c3ccccc3)c3ccccc3)cc3ccccc3c1-2. The van der Waals surface area contributed by atoms with Crippen LogP contribution in [-0.4, -0.2) is 24.0 Å². The quantitative estimate of drug-likeness (QED) is 0.0948. The first kappa shape index (κ1) is 36.3. The molecule has 0 saturated carbocycles. The second-order valence-corrected chi connectivity index (χ2v) is 19.7. The molecule has 0 fully saturated rings. The van der Waals surface area contributed by atoms with Gasteiger partial charge in [0.2, 0.25) is 0 Å². The number of benzene rings is 9. The number of hydrogen-bond donors (Lipinski definition) is 2. The van der Waals surface area contributed by atoms with Crippen LogP contribution in [-0.2, 0) is 4.57 Å². The molecule has 9 aromatic carbocycles. The molecule has 2 N–H and O–H groups in total. The van der Waals surface area contributed by atoms with E-state index < -0.39 is 21.9 Å². The molecule has 9 aromatic rings. The molecule has 6 nitrogen and oxygen atoms in total. The summed E-state index contributed by atoms with van der Waals surface area (Å²) in [7, 11) is -8.41. The molecule has 0 saturated heterocycles. The van der Waals surface area contributed by atoms with E-state index in [0.717, 1.165) is 47.9 Å². The average molecular weight is 803 g/mol. The highest BCUT2D eigenvalue weighted by atomic mass is 31.2. The van der Waals surface area contributed by atoms with Gasteiger partial charge in [-0.15, -0.1) is 0 Å². The fourth-order valence-electron chi connectivity index (χ4n) is 8.97. The Morgan fingerprint density at radius 3 is 1.46 bits per heavy atom. The Balaban J connectivity index is 1.41. The van der Waals surface area contributed by atoms with Crippen molar-refractivity contribution in [1.82, 2.24) is 0 Å². The van der Waals surface area contributed by atoms with Crippen molar-refractivity contribution in [3.05, 3.63) is 206 Å². The normalized spacial score (nSPS) is 14.7. The zero-order valence-electron chi connectivity index (χ0n) is 31.5. The van der Waals surface area contributed by atoms with E-state index in [1.807, 2.05) is 133 Å². The summed E-state index contributed by atoms with van der Waals surface area (Å²) in [6.45, 7) is 0. The number of carbonyl (C=O) groups is 1. The van der Waals surface area contributed by atoms with Crippen molar-refractivity contribution in [3.63, 3.8) is 0 Å². The molecule has 10 rings (SSSR count). The molecule has 1 heterocycles. The molecule has 59 heavy (non-hydrogen) atoms. The summed E-state index contributed by atoms with van der Waals surface area (Å²) in [4.78, 5) is 25.5. The van der Waals surface area contributed by atoms with Crippen molar-refractivity contribution in [2.24, 2.45) is 0 Å². The molecule has 0 spiro atoms. The van der Waals surface area contributed by atoms with Crippen molar-refractivity contribution in [3.8, 4) is 44.9 Å². The van der Waals surface area contributed by atoms with Crippen LogP contribution >= 0.6 is 7.82 Å². The first-order chi connectivity index (χ1) is 28.8. The minimum absolute atomic E-state index is 0.0419. The zero-order chi connectivity index (χ0) is 40.1. The van der Waals surface area contributed by atoms with Gasteiger partial charge in [-0.2, -0.15) is 0 Å². The van der Waals surface area contributed by atoms with Crippen LogP contribution in [0, 0.1) is 0 Å². The number of phosphoric ester groups is 1. The van der Waals surface area contributed by atoms with Gasteiger partial charge in [-0.25, -0.2) is 9.36 Å². The standard InChI is InChI=1S/C51H35O6PSi/c52-51(53)46-40(34-18-5-1-6-19-34)30-17-31-43(46)44-32-35-20-13-15-28-41(35)47-48-42-29-16-14-21-36(42)33-45(50(48)57-58(54,55)56-49(44)47)59(37-22-7-2-8-23-37,38-24-9-3-10-25-38)39-26-11-4-12-27-39/h1-33H,(H,52,53)(H,54,55). The third kappa shape index (κ3) is 5.98. The summed E-state index contributed by atoms with van der Waals surface area (Å²) in [6.07, 6.45) is 0. The monoisotopic (exact) mass is 802 g/mol. The highest BCUT2D eigenvalue weighted by Gasteiger charge is 2.47. The molecule has 0 amide bonds. The molecule has 284 valence electrons. The van der Waals surface area contributed by atoms with E-state index in [0.29, 0.717) is 27.8 Å². The predicted molar refractivity (Wildman–Crippen MR) is 239 cm³/mol. The Labute approximate surface area is 341 Å². The zero-order valence-corrected chi connectivity index (χ0v) is 33.4. The van der Waals surface area contributed by atoms with E-state index in [1.165, 1.54) is 0 Å². The van der Waals surface area contributed by atoms with Crippen molar-refractivity contribution in [2.45, 2.75) is 0 Å². The van der Waals surface area contributed by atoms with Gasteiger partial charge >= 0.3 is 13.8 Å². The number of phosphoric acid groups is 1. The second-order valence-electron chi connectivity index (χ2n) is 14.6. The van der Waals surface area contributed by atoms with Crippen molar-refractivity contribution < 1.29 is 28.4 Å². The van der Waals surface area contributed by atoms with Crippen LogP contribution in [0.2, 0.25) is 0 Å². The Kier molecular flexibility index (Phi) is 8.88. The van der Waals surface area contributed by atoms with Crippen LogP contribution < -0.4 is 29.8 Å². The summed E-state index contributed by atoms with van der Waals surface area (Å²) in [5.74, 6) is -0.832. The highest BCUT2D eigenvalue weighted by Crippen LogP contribution is 2.59. The lowest BCUT2D eigenvalue weighted by Gasteiger charge is -2.36. The number of aromatic carboxylic acids is 1. The summed E-state index contributed by atoms with van der Waals surface area (Å²) in [5, 5.41) is 18.1. The molecule has 0 aliphatic carbocycles. The minimum atomic E-state index is -5.00. The van der Waals surface area contributed by atoms with Gasteiger partial charge in [0.05, 0.1) is 5.56 Å². The predicted octanol–water partition coefficient (Wildman–Crippen LogP) is 9.94. The van der Waals surface area contributed by atoms with Gasteiger partial charge in [0.25, 0.3) is 0 Å². The van der Waals surface area contributed by atoms with Gasteiger partial charge in [0, 0.05) is 22.3 Å². The highest BCUT2D eigenvalue weighted by molar-refractivity contribution is 7.48. The molecular weight excluding hydrogens is 768 g/mol. The van der Waals surface area contributed by atoms with Crippen molar-refractivity contribution >= 4 is 64.2 Å². The van der Waals surface area contributed by atoms with Crippen LogP contribution in [0.5, 0.6) is 11.5 Å². The molecule has 1 aliphatic rings. The Morgan fingerprint density at radius 2 is 0.915 bits per heavy atom. The third-order valence-electron chi connectivity index (χ3n) is 11.3. The molecule has 1 atom stereocenters. The van der Waals surface area contributed by atoms with Gasteiger partial charge in [-0.3, -0.25) is 4.89 Å². The van der Waals surface area contributed by atoms with Crippen LogP contribution in [0.25, 0.3) is 54.9 Å². The van der Waals surface area contributed by atoms with E-state index in [4.69, 9.17) is 9.05 Å². The number of carboxylic acids is 1. The first-order valence-electron chi connectivity index (χ1n) is 19.3. The van der Waals surface area contributed by atoms with E-state index in [1.54, 1.807) is 18.2 Å². The summed E-state index contributed by atoms with van der Waals surface area (Å²) < 4.78 is 27.7. The summed E-state index contributed by atoms with van der Waals surface area (Å²) in [5.41, 5.74) is 3.09. The lowest BCUT2D eigenvalue weighted by molar-refractivity contribution is 0.0698. The van der Waals surface area contributed by atoms with E-state index >= 15 is 0 Å². The van der Waals surface area contributed by atoms with Gasteiger partial charge in [-0.1, -0.05) is 194 Å². The van der Waals surface area contributed by atoms with Gasteiger partial charge in [-0.05, 0) is 59.5 Å². The second kappa shape index (κ2) is 14.4. The largest absolute Gasteiger partial charge is 0.584 e. The number of fused-ring (bicyclic) bond motifs is 7. The van der Waals surface area contributed by atoms with Gasteiger partial charge in [0.15, 0.2) is 8.07 Å². The number of rotatable bonds is 7. The first-order valence-corrected chi connectivity index (χ1v) is 22.8. The molecule has 8 heteroatoms. The maximum absolute atomic E-state index is 14.8. The van der Waals surface area contributed by atoms with E-state index in [2.05, 4.69) is 48.5 Å². The molecule has 0 radical (unpaired) electrons. The van der Waals surface area contributed by atoms with Crippen LogP contribution in [0.3, 0.4) is 0 Å². The van der Waals surface area contributed by atoms with Crippen molar-refractivity contribution in [2.75, 3.05) is 0 Å². The molecule has 1 unspecified atom stereocenters. The number of hydrogen-bond acceptors (Lipinski definition) is 4. The van der Waals surface area contributed by atoms with Crippen LogP contribution in [0.4, 0.5) is 0 Å². The lowest BCUT2D eigenvalue weighted by Crippen LogP contribution is -2.74. The number of carboxylic acid groups (broad SMARTS) is 1. The van der Waals surface area contributed by atoms with Crippen molar-refractivity contribution in [1.29, 1.82) is 0 Å². The summed E-state index contributed by atoms with van der Waals surface area (Å²) in [6, 6.07) is 65.3. The molecule has 1 aliphatic heterocycles. The Hall–Kier alpha value is -7.02.